The molecule has 0 radical (unpaired) electrons. The van der Waals surface area contributed by atoms with E-state index in [2.05, 4.69) is 22.1 Å². The summed E-state index contributed by atoms with van der Waals surface area (Å²) >= 11 is 1.44. The van der Waals surface area contributed by atoms with Gasteiger partial charge in [-0.2, -0.15) is 0 Å². The summed E-state index contributed by atoms with van der Waals surface area (Å²) in [6, 6.07) is 7.77. The van der Waals surface area contributed by atoms with Gasteiger partial charge in [-0.25, -0.2) is 4.98 Å². The molecule has 1 unspecified atom stereocenters. The molecule has 0 aliphatic carbocycles. The van der Waals surface area contributed by atoms with Gasteiger partial charge in [0.05, 0.1) is 19.3 Å². The first-order valence-corrected chi connectivity index (χ1v) is 9.50. The van der Waals surface area contributed by atoms with Crippen molar-refractivity contribution < 1.29 is 9.53 Å². The van der Waals surface area contributed by atoms with Gasteiger partial charge in [0.2, 0.25) is 0 Å². The average Bonchev–Trinajstić information content (AvgIpc) is 3.14. The predicted molar refractivity (Wildman–Crippen MR) is 101 cm³/mol. The Labute approximate surface area is 152 Å². The molecule has 1 saturated heterocycles. The number of carbonyl (C=O) groups is 1. The average molecular weight is 360 g/mol. The van der Waals surface area contributed by atoms with Gasteiger partial charge in [-0.3, -0.25) is 4.79 Å². The Morgan fingerprint density at radius 1 is 1.36 bits per heavy atom. The molecule has 134 valence electrons. The molecule has 1 fully saturated rings. The van der Waals surface area contributed by atoms with Gasteiger partial charge in [0.25, 0.3) is 5.91 Å². The van der Waals surface area contributed by atoms with Crippen molar-refractivity contribution in [2.45, 2.75) is 25.8 Å². The number of hydrogen-bond acceptors (Lipinski definition) is 6. The number of aromatic nitrogens is 1. The summed E-state index contributed by atoms with van der Waals surface area (Å²) in [6.07, 6.45) is 1.87. The summed E-state index contributed by atoms with van der Waals surface area (Å²) < 4.78 is 5.37. The molecule has 6 nitrogen and oxygen atoms in total. The van der Waals surface area contributed by atoms with Crippen LogP contribution in [-0.4, -0.2) is 37.2 Å². The van der Waals surface area contributed by atoms with Crippen molar-refractivity contribution in [2.75, 3.05) is 36.5 Å². The number of carbonyl (C=O) groups excluding carboxylic acids is 1. The highest BCUT2D eigenvalue weighted by Gasteiger charge is 2.15. The Hall–Kier alpha value is -1.96. The number of hydrogen-bond donors (Lipinski definition) is 2. The van der Waals surface area contributed by atoms with E-state index in [0.29, 0.717) is 5.69 Å². The molecule has 1 atom stereocenters. The third-order valence-corrected chi connectivity index (χ3v) is 5.15. The zero-order valence-electron chi connectivity index (χ0n) is 14.4. The van der Waals surface area contributed by atoms with Crippen LogP contribution in [0.25, 0.3) is 0 Å². The van der Waals surface area contributed by atoms with E-state index >= 15 is 0 Å². The fourth-order valence-corrected chi connectivity index (χ4v) is 3.60. The van der Waals surface area contributed by atoms with Gasteiger partial charge in [-0.1, -0.05) is 13.3 Å². The first-order chi connectivity index (χ1) is 12.2. The molecular weight excluding hydrogens is 336 g/mol. The molecule has 1 aromatic carbocycles. The zero-order chi connectivity index (χ0) is 17.6. The van der Waals surface area contributed by atoms with Crippen LogP contribution in [0.2, 0.25) is 0 Å². The summed E-state index contributed by atoms with van der Waals surface area (Å²) in [5.41, 5.74) is 8.38. The Kier molecular flexibility index (Phi) is 6.01. The van der Waals surface area contributed by atoms with Crippen LogP contribution < -0.4 is 16.0 Å². The Balaban J connectivity index is 1.61. The third kappa shape index (κ3) is 4.56. The van der Waals surface area contributed by atoms with E-state index in [-0.39, 0.29) is 11.9 Å². The van der Waals surface area contributed by atoms with Crippen LogP contribution >= 0.6 is 11.3 Å². The molecule has 1 aliphatic rings. The van der Waals surface area contributed by atoms with Crippen LogP contribution in [0.1, 0.15) is 41.3 Å². The number of nitrogens with two attached hydrogens (primary N) is 1. The molecule has 7 heteroatoms. The number of benzene rings is 1. The maximum atomic E-state index is 12.4. The lowest BCUT2D eigenvalue weighted by molar-refractivity contribution is 0.102. The number of ether oxygens (including phenoxy) is 1. The molecule has 2 heterocycles. The monoisotopic (exact) mass is 360 g/mol. The van der Waals surface area contributed by atoms with E-state index in [1.165, 1.54) is 11.3 Å². The molecule has 2 aromatic rings. The largest absolute Gasteiger partial charge is 0.378 e. The summed E-state index contributed by atoms with van der Waals surface area (Å²) in [7, 11) is 0. The van der Waals surface area contributed by atoms with Crippen molar-refractivity contribution >= 4 is 28.6 Å². The molecular formula is C18H24N4O2S. The van der Waals surface area contributed by atoms with Crippen LogP contribution in [0.15, 0.2) is 29.6 Å². The Morgan fingerprint density at radius 2 is 2.08 bits per heavy atom. The second-order valence-electron chi connectivity index (χ2n) is 6.07. The molecule has 1 aromatic heterocycles. The first-order valence-electron chi connectivity index (χ1n) is 8.62. The van der Waals surface area contributed by atoms with Crippen molar-refractivity contribution in [1.82, 2.24) is 4.98 Å². The summed E-state index contributed by atoms with van der Waals surface area (Å²) in [6.45, 7) is 5.38. The van der Waals surface area contributed by atoms with Gasteiger partial charge >= 0.3 is 0 Å². The van der Waals surface area contributed by atoms with E-state index in [1.54, 1.807) is 5.38 Å². The summed E-state index contributed by atoms with van der Waals surface area (Å²) in [4.78, 5) is 19.0. The highest BCUT2D eigenvalue weighted by Crippen LogP contribution is 2.22. The van der Waals surface area contributed by atoms with E-state index in [9.17, 15) is 4.79 Å². The predicted octanol–water partition coefficient (Wildman–Crippen LogP) is 3.03. The lowest BCUT2D eigenvalue weighted by Gasteiger charge is -2.28. The number of thiazole rings is 1. The minimum absolute atomic E-state index is 0.0932. The number of rotatable bonds is 6. The lowest BCUT2D eigenvalue weighted by Crippen LogP contribution is -2.36. The van der Waals surface area contributed by atoms with Crippen LogP contribution in [0.5, 0.6) is 0 Å². The van der Waals surface area contributed by atoms with E-state index in [4.69, 9.17) is 10.5 Å². The summed E-state index contributed by atoms with van der Waals surface area (Å²) in [5.74, 6) is -0.203. The normalized spacial score (nSPS) is 15.8. The molecule has 1 amide bonds. The molecule has 0 spiro atoms. The van der Waals surface area contributed by atoms with Crippen molar-refractivity contribution in [2.24, 2.45) is 5.73 Å². The van der Waals surface area contributed by atoms with Crippen LogP contribution in [0.3, 0.4) is 0 Å². The molecule has 0 bridgehead atoms. The van der Waals surface area contributed by atoms with Crippen molar-refractivity contribution in [3.8, 4) is 0 Å². The second-order valence-corrected chi connectivity index (χ2v) is 6.96. The molecule has 0 saturated carbocycles. The molecule has 1 aliphatic heterocycles. The van der Waals surface area contributed by atoms with Gasteiger partial charge < -0.3 is 20.7 Å². The maximum Gasteiger partial charge on any atom is 0.275 e. The van der Waals surface area contributed by atoms with Crippen molar-refractivity contribution in [1.29, 1.82) is 0 Å². The fourth-order valence-electron chi connectivity index (χ4n) is 2.77. The van der Waals surface area contributed by atoms with Crippen molar-refractivity contribution in [3.63, 3.8) is 0 Å². The SMILES string of the molecule is CCCC(N)c1nc(C(=O)Nc2ccc(N3CCOCC3)cc2)cs1. The van der Waals surface area contributed by atoms with Gasteiger partial charge in [0.15, 0.2) is 0 Å². The van der Waals surface area contributed by atoms with Crippen LogP contribution in [0.4, 0.5) is 11.4 Å². The Morgan fingerprint density at radius 3 is 2.76 bits per heavy atom. The fraction of sp³-hybridized carbons (Fsp3) is 0.444. The number of morpholine rings is 1. The highest BCUT2D eigenvalue weighted by molar-refractivity contribution is 7.09. The second kappa shape index (κ2) is 8.42. The number of nitrogens with one attached hydrogen (secondary N) is 1. The summed E-state index contributed by atoms with van der Waals surface area (Å²) in [5, 5.41) is 5.47. The number of amides is 1. The smallest absolute Gasteiger partial charge is 0.275 e. The lowest BCUT2D eigenvalue weighted by atomic mass is 10.2. The standard InChI is InChI=1S/C18H24N4O2S/c1-2-3-15(19)18-21-16(12-25-18)17(23)20-13-4-6-14(7-5-13)22-8-10-24-11-9-22/h4-7,12,15H,2-3,8-11,19H2,1H3,(H,20,23). The maximum absolute atomic E-state index is 12.4. The number of nitrogens with zero attached hydrogens (tertiary/aromatic N) is 2. The Bertz CT molecular complexity index is 695. The number of anilines is 2. The van der Waals surface area contributed by atoms with E-state index in [0.717, 1.165) is 55.5 Å². The minimum Gasteiger partial charge on any atom is -0.378 e. The van der Waals surface area contributed by atoms with Gasteiger partial charge in [-0.15, -0.1) is 11.3 Å². The van der Waals surface area contributed by atoms with E-state index in [1.807, 2.05) is 24.3 Å². The molecule has 3 rings (SSSR count). The molecule has 25 heavy (non-hydrogen) atoms. The van der Waals surface area contributed by atoms with Crippen LogP contribution in [0, 0.1) is 0 Å². The van der Waals surface area contributed by atoms with E-state index < -0.39 is 0 Å². The topological polar surface area (TPSA) is 80.5 Å². The highest BCUT2D eigenvalue weighted by atomic mass is 32.1. The van der Waals surface area contributed by atoms with Gasteiger partial charge in [0.1, 0.15) is 10.7 Å². The quantitative estimate of drug-likeness (QED) is 0.828. The van der Waals surface area contributed by atoms with Crippen LogP contribution in [-0.2, 0) is 4.74 Å². The van der Waals surface area contributed by atoms with Crippen molar-refractivity contribution in [3.05, 3.63) is 40.3 Å². The van der Waals surface area contributed by atoms with Gasteiger partial charge in [0, 0.05) is 29.8 Å². The van der Waals surface area contributed by atoms with Gasteiger partial charge in [-0.05, 0) is 30.7 Å². The molecule has 3 N–H and O–H groups in total. The minimum atomic E-state index is -0.203. The first kappa shape index (κ1) is 17.8. The third-order valence-electron chi connectivity index (χ3n) is 4.17. The zero-order valence-corrected chi connectivity index (χ0v) is 15.2.